The molecule has 0 spiro atoms. The van der Waals surface area contributed by atoms with Crippen LogP contribution in [-0.4, -0.2) is 25.0 Å². The summed E-state index contributed by atoms with van der Waals surface area (Å²) in [6, 6.07) is 26.0. The Kier molecular flexibility index (Phi) is 7.75. The molecule has 0 aromatic heterocycles. The molecule has 0 atom stereocenters. The molecule has 0 N–H and O–H groups in total. The number of hydrogen-bond donors (Lipinski definition) is 0. The maximum atomic E-state index is 12.1. The molecule has 3 aromatic rings. The Hall–Kier alpha value is -3.92. The maximum Gasteiger partial charge on any atom is 0.330 e. The number of esters is 1. The molecule has 4 nitrogen and oxygen atoms in total. The van der Waals surface area contributed by atoms with Gasteiger partial charge >= 0.3 is 5.97 Å². The summed E-state index contributed by atoms with van der Waals surface area (Å²) < 4.78 is 10.7. The van der Waals surface area contributed by atoms with Crippen LogP contribution in [0.3, 0.4) is 0 Å². The first-order valence-corrected chi connectivity index (χ1v) is 9.61. The summed E-state index contributed by atoms with van der Waals surface area (Å²) >= 11 is 0. The van der Waals surface area contributed by atoms with Crippen LogP contribution in [0.25, 0.3) is 12.2 Å². The lowest BCUT2D eigenvalue weighted by atomic mass is 10.1. The molecular weight excluding hydrogens is 376 g/mol. The highest BCUT2D eigenvalue weighted by Gasteiger charge is 2.01. The minimum atomic E-state index is -0.411. The van der Waals surface area contributed by atoms with Crippen molar-refractivity contribution < 1.29 is 19.1 Å². The standard InChI is InChI=1S/C26H22O4/c27-25(23-9-5-2-6-10-23)17-13-22-11-15-24(16-12-22)29-19-20-30-26(28)18-14-21-7-3-1-4-8-21/h1-18H,19-20H2/b17-13-,18-14+. The lowest BCUT2D eigenvalue weighted by Crippen LogP contribution is -2.10. The molecule has 3 aromatic carbocycles. The van der Waals surface area contributed by atoms with Crippen molar-refractivity contribution in [3.63, 3.8) is 0 Å². The van der Waals surface area contributed by atoms with E-state index in [2.05, 4.69) is 0 Å². The number of allylic oxidation sites excluding steroid dienone is 1. The van der Waals surface area contributed by atoms with Gasteiger partial charge in [-0.05, 0) is 35.4 Å². The van der Waals surface area contributed by atoms with Gasteiger partial charge in [-0.25, -0.2) is 4.79 Å². The van der Waals surface area contributed by atoms with Crippen LogP contribution in [-0.2, 0) is 9.53 Å². The molecule has 150 valence electrons. The molecule has 0 fully saturated rings. The van der Waals surface area contributed by atoms with Gasteiger partial charge in [0.1, 0.15) is 19.0 Å². The van der Waals surface area contributed by atoms with Crippen molar-refractivity contribution in [3.05, 3.63) is 114 Å². The van der Waals surface area contributed by atoms with Crippen LogP contribution < -0.4 is 4.74 Å². The second kappa shape index (κ2) is 11.2. The fraction of sp³-hybridized carbons (Fsp3) is 0.0769. The van der Waals surface area contributed by atoms with Gasteiger partial charge in [0.05, 0.1) is 0 Å². The first kappa shape index (κ1) is 20.8. The largest absolute Gasteiger partial charge is 0.490 e. The van der Waals surface area contributed by atoms with E-state index in [0.29, 0.717) is 11.3 Å². The Morgan fingerprint density at radius 2 is 1.27 bits per heavy atom. The average molecular weight is 398 g/mol. The van der Waals surface area contributed by atoms with Gasteiger partial charge in [-0.1, -0.05) is 78.9 Å². The lowest BCUT2D eigenvalue weighted by molar-refractivity contribution is -0.138. The molecule has 3 rings (SSSR count). The van der Waals surface area contributed by atoms with Gasteiger partial charge in [0.25, 0.3) is 0 Å². The quantitative estimate of drug-likeness (QED) is 0.215. The number of rotatable bonds is 9. The Balaban J connectivity index is 1.39. The Labute approximate surface area is 176 Å². The van der Waals surface area contributed by atoms with Gasteiger partial charge in [-0.15, -0.1) is 0 Å². The number of ether oxygens (including phenoxy) is 2. The Morgan fingerprint density at radius 3 is 1.97 bits per heavy atom. The van der Waals surface area contributed by atoms with Crippen LogP contribution >= 0.6 is 0 Å². The summed E-state index contributed by atoms with van der Waals surface area (Å²) in [6.07, 6.45) is 6.42. The highest BCUT2D eigenvalue weighted by molar-refractivity contribution is 6.06. The summed E-state index contributed by atoms with van der Waals surface area (Å²) in [5.74, 6) is 0.211. The highest BCUT2D eigenvalue weighted by Crippen LogP contribution is 2.14. The smallest absolute Gasteiger partial charge is 0.330 e. The van der Waals surface area contributed by atoms with Crippen molar-refractivity contribution in [2.45, 2.75) is 0 Å². The number of hydrogen-bond acceptors (Lipinski definition) is 4. The van der Waals surface area contributed by atoms with Crippen LogP contribution in [0.4, 0.5) is 0 Å². The molecular formula is C26H22O4. The van der Waals surface area contributed by atoms with Crippen molar-refractivity contribution >= 4 is 23.9 Å². The molecule has 0 aliphatic carbocycles. The SMILES string of the molecule is O=C(/C=C/c1ccccc1)OCCOc1ccc(/C=C\C(=O)c2ccccc2)cc1. The van der Waals surface area contributed by atoms with Gasteiger partial charge in [0.2, 0.25) is 0 Å². The van der Waals surface area contributed by atoms with E-state index in [-0.39, 0.29) is 19.0 Å². The zero-order valence-corrected chi connectivity index (χ0v) is 16.4. The van der Waals surface area contributed by atoms with E-state index in [9.17, 15) is 9.59 Å². The number of carbonyl (C=O) groups excluding carboxylic acids is 2. The Morgan fingerprint density at radius 1 is 0.667 bits per heavy atom. The van der Waals surface area contributed by atoms with E-state index in [1.165, 1.54) is 6.08 Å². The molecule has 0 unspecified atom stereocenters. The van der Waals surface area contributed by atoms with Crippen molar-refractivity contribution in [1.82, 2.24) is 0 Å². The van der Waals surface area contributed by atoms with Gasteiger partial charge in [0.15, 0.2) is 5.78 Å². The molecule has 0 radical (unpaired) electrons. The molecule has 0 heterocycles. The summed E-state index contributed by atoms with van der Waals surface area (Å²) in [6.45, 7) is 0.414. The first-order chi connectivity index (χ1) is 14.7. The van der Waals surface area contributed by atoms with Gasteiger partial charge in [0, 0.05) is 11.6 Å². The molecule has 30 heavy (non-hydrogen) atoms. The summed E-state index contributed by atoms with van der Waals surface area (Å²) in [5.41, 5.74) is 2.48. The zero-order chi connectivity index (χ0) is 21.0. The molecule has 0 saturated carbocycles. The first-order valence-electron chi connectivity index (χ1n) is 9.61. The van der Waals surface area contributed by atoms with Crippen molar-refractivity contribution in [1.29, 1.82) is 0 Å². The van der Waals surface area contributed by atoms with Crippen LogP contribution in [0.1, 0.15) is 21.5 Å². The van der Waals surface area contributed by atoms with Gasteiger partial charge in [-0.2, -0.15) is 0 Å². The van der Waals surface area contributed by atoms with Crippen LogP contribution in [0.5, 0.6) is 5.75 Å². The lowest BCUT2D eigenvalue weighted by Gasteiger charge is -2.06. The van der Waals surface area contributed by atoms with E-state index >= 15 is 0 Å². The van der Waals surface area contributed by atoms with Crippen LogP contribution in [0.15, 0.2) is 97.1 Å². The fourth-order valence-electron chi connectivity index (χ4n) is 2.62. The average Bonchev–Trinajstić information content (AvgIpc) is 2.81. The zero-order valence-electron chi connectivity index (χ0n) is 16.4. The fourth-order valence-corrected chi connectivity index (χ4v) is 2.62. The molecule has 0 aliphatic rings. The predicted molar refractivity (Wildman–Crippen MR) is 118 cm³/mol. The van der Waals surface area contributed by atoms with E-state index in [4.69, 9.17) is 9.47 Å². The number of carbonyl (C=O) groups is 2. The van der Waals surface area contributed by atoms with E-state index in [1.807, 2.05) is 72.8 Å². The molecule has 4 heteroatoms. The summed E-state index contributed by atoms with van der Waals surface area (Å²) in [5, 5.41) is 0. The summed E-state index contributed by atoms with van der Waals surface area (Å²) in [7, 11) is 0. The third kappa shape index (κ3) is 6.91. The normalized spacial score (nSPS) is 10.9. The second-order valence-electron chi connectivity index (χ2n) is 6.39. The Bertz CT molecular complexity index is 1000. The minimum absolute atomic E-state index is 0.0425. The van der Waals surface area contributed by atoms with Crippen LogP contribution in [0.2, 0.25) is 0 Å². The van der Waals surface area contributed by atoms with Gasteiger partial charge in [-0.3, -0.25) is 4.79 Å². The van der Waals surface area contributed by atoms with Crippen molar-refractivity contribution in [2.24, 2.45) is 0 Å². The van der Waals surface area contributed by atoms with E-state index in [0.717, 1.165) is 11.1 Å². The minimum Gasteiger partial charge on any atom is -0.490 e. The third-order valence-corrected chi connectivity index (χ3v) is 4.17. The van der Waals surface area contributed by atoms with Gasteiger partial charge < -0.3 is 9.47 Å². The monoisotopic (exact) mass is 398 g/mol. The molecule has 0 saturated heterocycles. The molecule has 0 aliphatic heterocycles. The van der Waals surface area contributed by atoms with Crippen LogP contribution in [0, 0.1) is 0 Å². The highest BCUT2D eigenvalue weighted by atomic mass is 16.6. The van der Waals surface area contributed by atoms with Crippen molar-refractivity contribution in [3.8, 4) is 5.75 Å². The van der Waals surface area contributed by atoms with E-state index in [1.54, 1.807) is 30.4 Å². The number of ketones is 1. The summed E-state index contributed by atoms with van der Waals surface area (Å²) in [4.78, 5) is 23.8. The second-order valence-corrected chi connectivity index (χ2v) is 6.39. The predicted octanol–water partition coefficient (Wildman–Crippen LogP) is 5.22. The third-order valence-electron chi connectivity index (χ3n) is 4.17. The topological polar surface area (TPSA) is 52.6 Å². The van der Waals surface area contributed by atoms with Crippen molar-refractivity contribution in [2.75, 3.05) is 13.2 Å². The molecule has 0 amide bonds. The molecule has 0 bridgehead atoms. The number of benzene rings is 3. The van der Waals surface area contributed by atoms with E-state index < -0.39 is 5.97 Å². The maximum absolute atomic E-state index is 12.1.